The lowest BCUT2D eigenvalue weighted by Gasteiger charge is -2.02. The molecule has 0 spiro atoms. The van der Waals surface area contributed by atoms with Crippen LogP contribution in [0.1, 0.15) is 5.69 Å². The van der Waals surface area contributed by atoms with Gasteiger partial charge in [-0.05, 0) is 18.2 Å². The molecule has 0 bridgehead atoms. The third-order valence-corrected chi connectivity index (χ3v) is 1.94. The van der Waals surface area contributed by atoms with Crippen LogP contribution in [0.4, 0.5) is 0 Å². The maximum atomic E-state index is 11.5. The summed E-state index contributed by atoms with van der Waals surface area (Å²) in [5.74, 6) is 0.214. The van der Waals surface area contributed by atoms with Gasteiger partial charge >= 0.3 is 5.97 Å². The Bertz CT molecular complexity index is 413. The molecule has 2 rings (SSSR count). The number of ether oxygens (including phenoxy) is 1. The predicted octanol–water partition coefficient (Wildman–Crippen LogP) is 1.62. The molecule has 0 atom stereocenters. The third kappa shape index (κ3) is 2.88. The number of esters is 1. The number of hydrogen-bond acceptors (Lipinski definition) is 4. The molecule has 0 saturated carbocycles. The average molecular weight is 214 g/mol. The van der Waals surface area contributed by atoms with Gasteiger partial charge in [0.2, 0.25) is 0 Å². The zero-order chi connectivity index (χ0) is 11.2. The van der Waals surface area contributed by atoms with E-state index in [4.69, 9.17) is 4.74 Å². The summed E-state index contributed by atoms with van der Waals surface area (Å²) in [7, 11) is 0. The molecule has 1 heterocycles. The van der Waals surface area contributed by atoms with Gasteiger partial charge < -0.3 is 4.74 Å². The second kappa shape index (κ2) is 5.02. The monoisotopic (exact) mass is 214 g/mol. The van der Waals surface area contributed by atoms with Gasteiger partial charge in [-0.1, -0.05) is 18.2 Å². The van der Waals surface area contributed by atoms with Crippen LogP contribution in [-0.4, -0.2) is 15.9 Å². The summed E-state index contributed by atoms with van der Waals surface area (Å²) < 4.78 is 5.12. The second-order valence-electron chi connectivity index (χ2n) is 3.16. The molecule has 0 unspecified atom stereocenters. The van der Waals surface area contributed by atoms with Gasteiger partial charge in [0, 0.05) is 6.20 Å². The second-order valence-corrected chi connectivity index (χ2v) is 3.16. The van der Waals surface area contributed by atoms with Crippen LogP contribution in [0.2, 0.25) is 0 Å². The Morgan fingerprint density at radius 1 is 1.19 bits per heavy atom. The normalized spacial score (nSPS) is 9.75. The fourth-order valence-electron chi connectivity index (χ4n) is 1.23. The summed E-state index contributed by atoms with van der Waals surface area (Å²) in [4.78, 5) is 19.2. The van der Waals surface area contributed by atoms with Crippen molar-refractivity contribution in [2.24, 2.45) is 0 Å². The summed E-state index contributed by atoms with van der Waals surface area (Å²) in [6, 6.07) is 10.6. The van der Waals surface area contributed by atoms with Crippen LogP contribution in [0, 0.1) is 0 Å². The van der Waals surface area contributed by atoms with E-state index in [1.165, 1.54) is 6.33 Å². The Hall–Kier alpha value is -2.23. The molecule has 4 heteroatoms. The van der Waals surface area contributed by atoms with Gasteiger partial charge in [0.25, 0.3) is 0 Å². The Morgan fingerprint density at radius 2 is 2.00 bits per heavy atom. The van der Waals surface area contributed by atoms with Gasteiger partial charge in [-0.3, -0.25) is 4.79 Å². The maximum Gasteiger partial charge on any atom is 0.317 e. The topological polar surface area (TPSA) is 52.1 Å². The van der Waals surface area contributed by atoms with E-state index in [1.807, 2.05) is 18.2 Å². The van der Waals surface area contributed by atoms with E-state index in [9.17, 15) is 4.79 Å². The lowest BCUT2D eigenvalue weighted by molar-refractivity contribution is -0.133. The zero-order valence-corrected chi connectivity index (χ0v) is 8.54. The Labute approximate surface area is 92.9 Å². The van der Waals surface area contributed by atoms with Crippen molar-refractivity contribution in [1.29, 1.82) is 0 Å². The van der Waals surface area contributed by atoms with Crippen molar-refractivity contribution in [1.82, 2.24) is 9.97 Å². The SMILES string of the molecule is O=C(Cc1ccncn1)Oc1ccccc1. The Morgan fingerprint density at radius 3 is 2.69 bits per heavy atom. The van der Waals surface area contributed by atoms with E-state index in [2.05, 4.69) is 9.97 Å². The van der Waals surface area contributed by atoms with Crippen molar-refractivity contribution >= 4 is 5.97 Å². The number of carbonyl (C=O) groups excluding carboxylic acids is 1. The highest BCUT2D eigenvalue weighted by Crippen LogP contribution is 2.09. The van der Waals surface area contributed by atoms with Gasteiger partial charge in [-0.25, -0.2) is 9.97 Å². The molecule has 0 aliphatic rings. The molecule has 0 amide bonds. The number of para-hydroxylation sites is 1. The molecule has 4 nitrogen and oxygen atoms in total. The van der Waals surface area contributed by atoms with Gasteiger partial charge in [0.1, 0.15) is 12.1 Å². The molecule has 16 heavy (non-hydrogen) atoms. The summed E-state index contributed by atoms with van der Waals surface area (Å²) in [6.45, 7) is 0. The largest absolute Gasteiger partial charge is 0.426 e. The highest BCUT2D eigenvalue weighted by molar-refractivity contribution is 5.74. The summed E-state index contributed by atoms with van der Waals surface area (Å²) in [6.07, 6.45) is 3.15. The van der Waals surface area contributed by atoms with Crippen LogP contribution in [0.5, 0.6) is 5.75 Å². The standard InChI is InChI=1S/C12H10N2O2/c15-12(8-10-6-7-13-9-14-10)16-11-4-2-1-3-5-11/h1-7,9H,8H2. The van der Waals surface area contributed by atoms with E-state index >= 15 is 0 Å². The van der Waals surface area contributed by atoms with Gasteiger partial charge in [0.15, 0.2) is 0 Å². The molecule has 1 aromatic carbocycles. The van der Waals surface area contributed by atoms with Gasteiger partial charge in [0.05, 0.1) is 12.1 Å². The van der Waals surface area contributed by atoms with E-state index in [0.717, 1.165) is 0 Å². The number of nitrogens with zero attached hydrogens (tertiary/aromatic N) is 2. The lowest BCUT2D eigenvalue weighted by Crippen LogP contribution is -2.12. The van der Waals surface area contributed by atoms with Crippen molar-refractivity contribution in [2.75, 3.05) is 0 Å². The highest BCUT2D eigenvalue weighted by atomic mass is 16.5. The minimum absolute atomic E-state index is 0.150. The van der Waals surface area contributed by atoms with Crippen LogP contribution in [-0.2, 0) is 11.2 Å². The van der Waals surface area contributed by atoms with E-state index in [-0.39, 0.29) is 12.4 Å². The van der Waals surface area contributed by atoms with Crippen LogP contribution in [0.25, 0.3) is 0 Å². The van der Waals surface area contributed by atoms with Crippen molar-refractivity contribution in [2.45, 2.75) is 6.42 Å². The molecule has 0 aliphatic heterocycles. The summed E-state index contributed by atoms with van der Waals surface area (Å²) in [5.41, 5.74) is 0.649. The van der Waals surface area contributed by atoms with Gasteiger partial charge in [-0.15, -0.1) is 0 Å². The molecule has 1 aromatic heterocycles. The molecule has 2 aromatic rings. The zero-order valence-electron chi connectivity index (χ0n) is 8.54. The molecule has 0 fully saturated rings. The molecular formula is C12H10N2O2. The van der Waals surface area contributed by atoms with Crippen LogP contribution in [0.3, 0.4) is 0 Å². The molecular weight excluding hydrogens is 204 g/mol. The first-order chi connectivity index (χ1) is 7.84. The smallest absolute Gasteiger partial charge is 0.317 e. The minimum atomic E-state index is -0.329. The summed E-state index contributed by atoms with van der Waals surface area (Å²) >= 11 is 0. The molecule has 80 valence electrons. The number of aromatic nitrogens is 2. The van der Waals surface area contributed by atoms with Crippen molar-refractivity contribution in [3.05, 3.63) is 54.6 Å². The highest BCUT2D eigenvalue weighted by Gasteiger charge is 2.06. The fraction of sp³-hybridized carbons (Fsp3) is 0.0833. The Kier molecular flexibility index (Phi) is 3.23. The minimum Gasteiger partial charge on any atom is -0.426 e. The van der Waals surface area contributed by atoms with Crippen molar-refractivity contribution in [3.63, 3.8) is 0 Å². The Balaban J connectivity index is 1.95. The van der Waals surface area contributed by atoms with Gasteiger partial charge in [-0.2, -0.15) is 0 Å². The van der Waals surface area contributed by atoms with E-state index in [0.29, 0.717) is 11.4 Å². The molecule has 0 aliphatic carbocycles. The first-order valence-corrected chi connectivity index (χ1v) is 4.85. The first-order valence-electron chi connectivity index (χ1n) is 4.85. The first kappa shape index (κ1) is 10.3. The van der Waals surface area contributed by atoms with Crippen LogP contribution < -0.4 is 4.74 Å². The number of benzene rings is 1. The van der Waals surface area contributed by atoms with E-state index < -0.39 is 0 Å². The fourth-order valence-corrected chi connectivity index (χ4v) is 1.23. The van der Waals surface area contributed by atoms with E-state index in [1.54, 1.807) is 24.4 Å². The lowest BCUT2D eigenvalue weighted by atomic mass is 10.3. The third-order valence-electron chi connectivity index (χ3n) is 1.94. The molecule has 0 N–H and O–H groups in total. The molecule has 0 saturated heterocycles. The maximum absolute atomic E-state index is 11.5. The molecule has 0 radical (unpaired) electrons. The quantitative estimate of drug-likeness (QED) is 0.575. The number of rotatable bonds is 3. The number of carbonyl (C=O) groups is 1. The summed E-state index contributed by atoms with van der Waals surface area (Å²) in [5, 5.41) is 0. The van der Waals surface area contributed by atoms with Crippen molar-refractivity contribution < 1.29 is 9.53 Å². The number of hydrogen-bond donors (Lipinski definition) is 0. The van der Waals surface area contributed by atoms with Crippen LogP contribution in [0.15, 0.2) is 48.9 Å². The average Bonchev–Trinajstić information content (AvgIpc) is 2.31. The van der Waals surface area contributed by atoms with Crippen molar-refractivity contribution in [3.8, 4) is 5.75 Å². The van der Waals surface area contributed by atoms with Crippen LogP contribution >= 0.6 is 0 Å². The predicted molar refractivity (Wildman–Crippen MR) is 57.8 cm³/mol.